The molecule has 2 bridgehead atoms. The molecule has 0 unspecified atom stereocenters. The first-order chi connectivity index (χ1) is 13.7. The van der Waals surface area contributed by atoms with Crippen molar-refractivity contribution in [3.8, 4) is 0 Å². The summed E-state index contributed by atoms with van der Waals surface area (Å²) < 4.78 is 2.00. The lowest BCUT2D eigenvalue weighted by molar-refractivity contribution is -0.133. The Morgan fingerprint density at radius 3 is 2.82 bits per heavy atom. The van der Waals surface area contributed by atoms with Gasteiger partial charge in [-0.3, -0.25) is 14.5 Å². The Morgan fingerprint density at radius 2 is 2.04 bits per heavy atom. The van der Waals surface area contributed by atoms with Gasteiger partial charge in [-0.05, 0) is 44.3 Å². The predicted octanol–water partition coefficient (Wildman–Crippen LogP) is 1.36. The minimum Gasteiger partial charge on any atom is -0.348 e. The molecule has 2 aromatic rings. The molecule has 0 spiro atoms. The van der Waals surface area contributed by atoms with Crippen LogP contribution in [0.1, 0.15) is 42.1 Å². The van der Waals surface area contributed by atoms with E-state index in [9.17, 15) is 9.59 Å². The molecule has 5 rings (SSSR count). The van der Waals surface area contributed by atoms with Gasteiger partial charge in [0.15, 0.2) is 0 Å². The second-order valence-electron chi connectivity index (χ2n) is 8.53. The van der Waals surface area contributed by atoms with Crippen LogP contribution in [0.5, 0.6) is 0 Å². The number of carbonyl (C=O) groups is 1. The summed E-state index contributed by atoms with van der Waals surface area (Å²) in [5.74, 6) is 0.754. The highest BCUT2D eigenvalue weighted by Crippen LogP contribution is 2.35. The van der Waals surface area contributed by atoms with Crippen LogP contribution in [-0.2, 0) is 24.3 Å². The number of piperidine rings is 1. The summed E-state index contributed by atoms with van der Waals surface area (Å²) in [7, 11) is 0. The lowest BCUT2D eigenvalue weighted by Crippen LogP contribution is -2.50. The van der Waals surface area contributed by atoms with Crippen molar-refractivity contribution in [1.82, 2.24) is 24.3 Å². The second-order valence-corrected chi connectivity index (χ2v) is 8.53. The van der Waals surface area contributed by atoms with E-state index in [0.29, 0.717) is 18.9 Å². The smallest absolute Gasteiger partial charge is 0.255 e. The number of H-pyrrole nitrogens is 1. The normalized spacial score (nSPS) is 24.4. The van der Waals surface area contributed by atoms with E-state index in [2.05, 4.69) is 20.9 Å². The van der Waals surface area contributed by atoms with Crippen LogP contribution in [0.4, 0.5) is 0 Å². The van der Waals surface area contributed by atoms with E-state index in [4.69, 9.17) is 0 Å². The van der Waals surface area contributed by atoms with Crippen molar-refractivity contribution in [3.05, 3.63) is 52.0 Å². The van der Waals surface area contributed by atoms with Crippen LogP contribution in [0.2, 0.25) is 0 Å². The lowest BCUT2D eigenvalue weighted by atomic mass is 9.82. The SMILES string of the molecule is O=C(Cc1cnc[nH]1)N1C[C@@H]2C[C@H](C1)c1ccc(CN3CCCC3)c(=O)n1C2. The maximum absolute atomic E-state index is 13.1. The third-order valence-corrected chi connectivity index (χ3v) is 6.52. The van der Waals surface area contributed by atoms with Crippen molar-refractivity contribution in [2.24, 2.45) is 5.92 Å². The van der Waals surface area contributed by atoms with Crippen LogP contribution in [0, 0.1) is 5.92 Å². The highest BCUT2D eigenvalue weighted by Gasteiger charge is 2.36. The first-order valence-electron chi connectivity index (χ1n) is 10.4. The van der Waals surface area contributed by atoms with Gasteiger partial charge in [0, 0.05) is 55.2 Å². The average molecular weight is 381 g/mol. The summed E-state index contributed by atoms with van der Waals surface area (Å²) in [4.78, 5) is 37.2. The first-order valence-corrected chi connectivity index (χ1v) is 10.4. The summed E-state index contributed by atoms with van der Waals surface area (Å²) in [6.07, 6.45) is 7.22. The molecule has 0 radical (unpaired) electrons. The van der Waals surface area contributed by atoms with Gasteiger partial charge in [0.2, 0.25) is 5.91 Å². The van der Waals surface area contributed by atoms with Crippen LogP contribution in [0.25, 0.3) is 0 Å². The Kier molecular flexibility index (Phi) is 4.55. The minimum absolute atomic E-state index is 0.139. The fourth-order valence-electron chi connectivity index (χ4n) is 5.15. The molecule has 28 heavy (non-hydrogen) atoms. The standard InChI is InChI=1S/C21H27N5O2/c27-20(8-18-9-22-14-23-18)25-10-15-7-17(13-25)19-4-3-16(21(28)26(19)11-15)12-24-5-1-2-6-24/h3-4,9,14-15,17H,1-2,5-8,10-13H2,(H,22,23)/t15-,17+/m0/s1. The van der Waals surface area contributed by atoms with E-state index in [1.807, 2.05) is 15.5 Å². The topological polar surface area (TPSA) is 74.2 Å². The van der Waals surface area contributed by atoms with Crippen LogP contribution < -0.4 is 5.56 Å². The van der Waals surface area contributed by atoms with E-state index in [1.165, 1.54) is 12.8 Å². The van der Waals surface area contributed by atoms with Crippen LogP contribution in [0.15, 0.2) is 29.5 Å². The fraction of sp³-hybridized carbons (Fsp3) is 0.571. The molecule has 3 aliphatic rings. The van der Waals surface area contributed by atoms with Crippen molar-refractivity contribution in [3.63, 3.8) is 0 Å². The number of hydrogen-bond donors (Lipinski definition) is 1. The van der Waals surface area contributed by atoms with Gasteiger partial charge in [0.05, 0.1) is 12.7 Å². The zero-order chi connectivity index (χ0) is 19.1. The summed E-state index contributed by atoms with van der Waals surface area (Å²) in [5, 5.41) is 0. The molecule has 2 atom stereocenters. The van der Waals surface area contributed by atoms with Crippen LogP contribution in [-0.4, -0.2) is 56.4 Å². The van der Waals surface area contributed by atoms with Gasteiger partial charge in [-0.2, -0.15) is 0 Å². The summed E-state index contributed by atoms with van der Waals surface area (Å²) in [6.45, 7) is 5.13. The van der Waals surface area contributed by atoms with Gasteiger partial charge >= 0.3 is 0 Å². The fourth-order valence-corrected chi connectivity index (χ4v) is 5.15. The number of rotatable bonds is 4. The molecule has 0 saturated carbocycles. The number of imidazole rings is 1. The predicted molar refractivity (Wildman–Crippen MR) is 105 cm³/mol. The molecule has 7 heteroatoms. The van der Waals surface area contributed by atoms with Crippen molar-refractivity contribution < 1.29 is 4.79 Å². The molecule has 148 valence electrons. The summed E-state index contributed by atoms with van der Waals surface area (Å²) in [5.41, 5.74) is 3.04. The Labute approximate surface area is 164 Å². The zero-order valence-corrected chi connectivity index (χ0v) is 16.1. The van der Waals surface area contributed by atoms with Crippen molar-refractivity contribution in [2.75, 3.05) is 26.2 Å². The van der Waals surface area contributed by atoms with Gasteiger partial charge in [-0.15, -0.1) is 0 Å². The average Bonchev–Trinajstić information content (AvgIpc) is 3.38. The molecule has 2 aromatic heterocycles. The number of fused-ring (bicyclic) bond motifs is 4. The number of aromatic amines is 1. The molecule has 1 amide bonds. The van der Waals surface area contributed by atoms with E-state index in [1.54, 1.807) is 12.5 Å². The Bertz CT molecular complexity index is 913. The van der Waals surface area contributed by atoms with E-state index >= 15 is 0 Å². The zero-order valence-electron chi connectivity index (χ0n) is 16.1. The number of nitrogens with zero attached hydrogens (tertiary/aromatic N) is 4. The van der Waals surface area contributed by atoms with E-state index < -0.39 is 0 Å². The molecule has 1 N–H and O–H groups in total. The number of nitrogens with one attached hydrogen (secondary N) is 1. The monoisotopic (exact) mass is 381 g/mol. The summed E-state index contributed by atoms with van der Waals surface area (Å²) >= 11 is 0. The maximum atomic E-state index is 13.1. The largest absolute Gasteiger partial charge is 0.348 e. The first kappa shape index (κ1) is 17.7. The maximum Gasteiger partial charge on any atom is 0.255 e. The molecular formula is C21H27N5O2. The lowest BCUT2D eigenvalue weighted by Gasteiger charge is -2.43. The van der Waals surface area contributed by atoms with Crippen molar-refractivity contribution >= 4 is 5.91 Å². The highest BCUT2D eigenvalue weighted by atomic mass is 16.2. The highest BCUT2D eigenvalue weighted by molar-refractivity contribution is 5.78. The molecule has 2 saturated heterocycles. The molecule has 5 heterocycles. The number of aromatic nitrogens is 3. The molecule has 0 aliphatic carbocycles. The number of pyridine rings is 1. The number of carbonyl (C=O) groups excluding carboxylic acids is 1. The van der Waals surface area contributed by atoms with Crippen LogP contribution >= 0.6 is 0 Å². The number of amides is 1. The minimum atomic E-state index is 0.139. The molecular weight excluding hydrogens is 354 g/mol. The molecule has 7 nitrogen and oxygen atoms in total. The molecule has 2 fully saturated rings. The van der Waals surface area contributed by atoms with Gasteiger partial charge in [-0.25, -0.2) is 4.98 Å². The van der Waals surface area contributed by atoms with Crippen LogP contribution in [0.3, 0.4) is 0 Å². The third kappa shape index (κ3) is 3.28. The van der Waals surface area contributed by atoms with Gasteiger partial charge < -0.3 is 14.5 Å². The quantitative estimate of drug-likeness (QED) is 0.868. The Morgan fingerprint density at radius 1 is 1.18 bits per heavy atom. The Balaban J connectivity index is 1.34. The van der Waals surface area contributed by atoms with Gasteiger partial charge in [-0.1, -0.05) is 6.07 Å². The number of likely N-dealkylation sites (tertiary alicyclic amines) is 2. The summed E-state index contributed by atoms with van der Waals surface area (Å²) in [6, 6.07) is 4.16. The van der Waals surface area contributed by atoms with Gasteiger partial charge in [0.25, 0.3) is 5.56 Å². The number of hydrogen-bond acceptors (Lipinski definition) is 4. The molecule has 0 aromatic carbocycles. The van der Waals surface area contributed by atoms with Crippen molar-refractivity contribution in [2.45, 2.75) is 44.7 Å². The second kappa shape index (κ2) is 7.20. The van der Waals surface area contributed by atoms with Gasteiger partial charge in [0.1, 0.15) is 0 Å². The molecule has 3 aliphatic heterocycles. The van der Waals surface area contributed by atoms with E-state index in [0.717, 1.165) is 56.1 Å². The Hall–Kier alpha value is -2.41. The van der Waals surface area contributed by atoms with Crippen molar-refractivity contribution in [1.29, 1.82) is 0 Å². The van der Waals surface area contributed by atoms with E-state index in [-0.39, 0.29) is 17.4 Å². The third-order valence-electron chi connectivity index (χ3n) is 6.52.